The maximum absolute atomic E-state index is 12.4. The van der Waals surface area contributed by atoms with Gasteiger partial charge in [-0.3, -0.25) is 0 Å². The summed E-state index contributed by atoms with van der Waals surface area (Å²) in [5, 5.41) is 6.00. The molecule has 0 bridgehead atoms. The summed E-state index contributed by atoms with van der Waals surface area (Å²) < 4.78 is 16.0. The average Bonchev–Trinajstić information content (AvgIpc) is 2.71. The molecule has 1 aliphatic carbocycles. The molecule has 1 atom stereocenters. The maximum Gasteiger partial charge on any atom is 0.315 e. The van der Waals surface area contributed by atoms with E-state index in [0.29, 0.717) is 23.8 Å². The van der Waals surface area contributed by atoms with Crippen LogP contribution in [0.3, 0.4) is 0 Å². The van der Waals surface area contributed by atoms with Crippen molar-refractivity contribution in [3.63, 3.8) is 0 Å². The number of urea groups is 1. The molecule has 2 aromatic rings. The number of nitrogens with one attached hydrogen (secondary N) is 2. The van der Waals surface area contributed by atoms with Crippen molar-refractivity contribution in [1.29, 1.82) is 0 Å². The molecule has 6 nitrogen and oxygen atoms in total. The molecule has 0 aliphatic heterocycles. The number of methoxy groups -OCH3 is 3. The Kier molecular flexibility index (Phi) is 6.06. The average molecular weight is 370 g/mol. The van der Waals surface area contributed by atoms with E-state index in [4.69, 9.17) is 14.2 Å². The second kappa shape index (κ2) is 8.66. The molecule has 3 rings (SSSR count). The number of benzene rings is 2. The lowest BCUT2D eigenvalue weighted by Gasteiger charge is -2.26. The SMILES string of the molecule is COc1cc(CNC(=O)NC2CCCc3ccccc32)cc(OC)c1OC. The minimum atomic E-state index is -0.189. The van der Waals surface area contributed by atoms with Gasteiger partial charge in [0.1, 0.15) is 0 Å². The van der Waals surface area contributed by atoms with Crippen LogP contribution in [0.25, 0.3) is 0 Å². The zero-order valence-corrected chi connectivity index (χ0v) is 16.0. The summed E-state index contributed by atoms with van der Waals surface area (Å²) in [6, 6.07) is 11.8. The van der Waals surface area contributed by atoms with E-state index in [1.54, 1.807) is 21.3 Å². The molecule has 2 N–H and O–H groups in total. The van der Waals surface area contributed by atoms with Crippen LogP contribution < -0.4 is 24.8 Å². The molecule has 27 heavy (non-hydrogen) atoms. The molecule has 0 saturated heterocycles. The Hall–Kier alpha value is -2.89. The third-order valence-electron chi connectivity index (χ3n) is 4.85. The monoisotopic (exact) mass is 370 g/mol. The smallest absolute Gasteiger partial charge is 0.315 e. The van der Waals surface area contributed by atoms with Crippen molar-refractivity contribution >= 4 is 6.03 Å². The topological polar surface area (TPSA) is 68.8 Å². The zero-order valence-electron chi connectivity index (χ0n) is 16.0. The number of hydrogen-bond donors (Lipinski definition) is 2. The van der Waals surface area contributed by atoms with Crippen LogP contribution in [0.2, 0.25) is 0 Å². The Morgan fingerprint density at radius 1 is 1.07 bits per heavy atom. The van der Waals surface area contributed by atoms with Gasteiger partial charge in [0.15, 0.2) is 11.5 Å². The number of amides is 2. The molecule has 2 aromatic carbocycles. The van der Waals surface area contributed by atoms with E-state index in [1.165, 1.54) is 11.1 Å². The van der Waals surface area contributed by atoms with E-state index in [0.717, 1.165) is 24.8 Å². The van der Waals surface area contributed by atoms with E-state index < -0.39 is 0 Å². The first kappa shape index (κ1) is 18.9. The summed E-state index contributed by atoms with van der Waals surface area (Å²) in [6.07, 6.45) is 3.10. The van der Waals surface area contributed by atoms with Gasteiger partial charge < -0.3 is 24.8 Å². The van der Waals surface area contributed by atoms with Gasteiger partial charge in [-0.25, -0.2) is 4.79 Å². The molecule has 144 valence electrons. The lowest BCUT2D eigenvalue weighted by Crippen LogP contribution is -2.38. The van der Waals surface area contributed by atoms with Gasteiger partial charge in [0.05, 0.1) is 27.4 Å². The van der Waals surface area contributed by atoms with Gasteiger partial charge >= 0.3 is 6.03 Å². The minimum Gasteiger partial charge on any atom is -0.493 e. The number of fused-ring (bicyclic) bond motifs is 1. The molecule has 0 heterocycles. The van der Waals surface area contributed by atoms with Crippen molar-refractivity contribution in [1.82, 2.24) is 10.6 Å². The van der Waals surface area contributed by atoms with Crippen molar-refractivity contribution in [2.75, 3.05) is 21.3 Å². The largest absolute Gasteiger partial charge is 0.493 e. The second-order valence-corrected chi connectivity index (χ2v) is 6.50. The van der Waals surface area contributed by atoms with Gasteiger partial charge in [-0.1, -0.05) is 24.3 Å². The van der Waals surface area contributed by atoms with Crippen LogP contribution in [0.5, 0.6) is 17.2 Å². The Bertz CT molecular complexity index is 782. The predicted octanol–water partition coefficient (Wildman–Crippen LogP) is 3.59. The molecule has 1 aliphatic rings. The number of carbonyl (C=O) groups excluding carboxylic acids is 1. The number of rotatable bonds is 6. The highest BCUT2D eigenvalue weighted by Gasteiger charge is 2.21. The lowest BCUT2D eigenvalue weighted by molar-refractivity contribution is 0.235. The fourth-order valence-corrected chi connectivity index (χ4v) is 3.53. The first-order chi connectivity index (χ1) is 13.2. The van der Waals surface area contributed by atoms with Crippen LogP contribution in [0.1, 0.15) is 35.6 Å². The summed E-state index contributed by atoms with van der Waals surface area (Å²) in [6.45, 7) is 0.358. The molecule has 6 heteroatoms. The van der Waals surface area contributed by atoms with Crippen molar-refractivity contribution in [3.8, 4) is 17.2 Å². The van der Waals surface area contributed by atoms with Crippen LogP contribution in [-0.2, 0) is 13.0 Å². The number of ether oxygens (including phenoxy) is 3. The second-order valence-electron chi connectivity index (χ2n) is 6.50. The summed E-state index contributed by atoms with van der Waals surface area (Å²) >= 11 is 0. The zero-order chi connectivity index (χ0) is 19.2. The van der Waals surface area contributed by atoms with Gasteiger partial charge in [-0.15, -0.1) is 0 Å². The number of aryl methyl sites for hydroxylation is 1. The Morgan fingerprint density at radius 2 is 1.78 bits per heavy atom. The van der Waals surface area contributed by atoms with E-state index in [1.807, 2.05) is 24.3 Å². The lowest BCUT2D eigenvalue weighted by atomic mass is 9.88. The van der Waals surface area contributed by atoms with E-state index in [-0.39, 0.29) is 12.1 Å². The highest BCUT2D eigenvalue weighted by Crippen LogP contribution is 2.38. The molecule has 1 unspecified atom stereocenters. The Morgan fingerprint density at radius 3 is 2.44 bits per heavy atom. The molecule has 0 radical (unpaired) electrons. The van der Waals surface area contributed by atoms with Crippen LogP contribution in [-0.4, -0.2) is 27.4 Å². The number of hydrogen-bond acceptors (Lipinski definition) is 4. The highest BCUT2D eigenvalue weighted by molar-refractivity contribution is 5.74. The van der Waals surface area contributed by atoms with Gasteiger partial charge in [0, 0.05) is 6.54 Å². The first-order valence-corrected chi connectivity index (χ1v) is 9.07. The van der Waals surface area contributed by atoms with Gasteiger partial charge in [0.25, 0.3) is 0 Å². The quantitative estimate of drug-likeness (QED) is 0.815. The molecular weight excluding hydrogens is 344 g/mol. The van der Waals surface area contributed by atoms with Crippen molar-refractivity contribution in [2.45, 2.75) is 31.8 Å². The first-order valence-electron chi connectivity index (χ1n) is 9.07. The van der Waals surface area contributed by atoms with Gasteiger partial charge in [-0.2, -0.15) is 0 Å². The fraction of sp³-hybridized carbons (Fsp3) is 0.381. The maximum atomic E-state index is 12.4. The van der Waals surface area contributed by atoms with Crippen molar-refractivity contribution < 1.29 is 19.0 Å². The van der Waals surface area contributed by atoms with Crippen LogP contribution in [0.4, 0.5) is 4.79 Å². The molecule has 2 amide bonds. The van der Waals surface area contributed by atoms with Gasteiger partial charge in [-0.05, 0) is 48.1 Å². The standard InChI is InChI=1S/C21H26N2O4/c1-25-18-11-14(12-19(26-2)20(18)27-3)13-22-21(24)23-17-10-6-8-15-7-4-5-9-16(15)17/h4-5,7,9,11-12,17H,6,8,10,13H2,1-3H3,(H2,22,23,24). The Balaban J connectivity index is 1.65. The van der Waals surface area contributed by atoms with Crippen LogP contribution in [0.15, 0.2) is 36.4 Å². The van der Waals surface area contributed by atoms with Crippen LogP contribution >= 0.6 is 0 Å². The molecule has 0 fully saturated rings. The summed E-state index contributed by atoms with van der Waals surface area (Å²) in [4.78, 5) is 12.4. The fourth-order valence-electron chi connectivity index (χ4n) is 3.53. The predicted molar refractivity (Wildman–Crippen MR) is 104 cm³/mol. The third-order valence-corrected chi connectivity index (χ3v) is 4.85. The minimum absolute atomic E-state index is 0.0508. The summed E-state index contributed by atoms with van der Waals surface area (Å²) in [5.41, 5.74) is 3.40. The number of carbonyl (C=O) groups is 1. The van der Waals surface area contributed by atoms with Gasteiger partial charge in [0.2, 0.25) is 5.75 Å². The summed E-state index contributed by atoms with van der Waals surface area (Å²) in [5.74, 6) is 1.66. The molecule has 0 saturated carbocycles. The van der Waals surface area contributed by atoms with Crippen LogP contribution in [0, 0.1) is 0 Å². The molecule has 0 spiro atoms. The Labute approximate surface area is 159 Å². The molecule has 0 aromatic heterocycles. The van der Waals surface area contributed by atoms with Crippen molar-refractivity contribution in [3.05, 3.63) is 53.1 Å². The highest BCUT2D eigenvalue weighted by atomic mass is 16.5. The molecular formula is C21H26N2O4. The summed E-state index contributed by atoms with van der Waals surface area (Å²) in [7, 11) is 4.71. The van der Waals surface area contributed by atoms with E-state index in [2.05, 4.69) is 22.8 Å². The van der Waals surface area contributed by atoms with Crippen molar-refractivity contribution in [2.24, 2.45) is 0 Å². The van der Waals surface area contributed by atoms with E-state index >= 15 is 0 Å². The van der Waals surface area contributed by atoms with E-state index in [9.17, 15) is 4.79 Å². The normalized spacial score (nSPS) is 15.4. The third kappa shape index (κ3) is 4.27.